The molecule has 0 saturated carbocycles. The number of ether oxygens (including phenoxy) is 3. The standard InChI is InChI=1S/C31H36IN5O8S/c1-18(2)46(41,42)26-10-8-21(36-30(40)45-5)15-23(26)31(32)11-6-12-37(31)29(39)27(19-7-9-24(43-3)25(14-19)44-4)35-22-13-20(28(33)38)16-34-17-22/h7-10,13-18,27,35H,6,11-12H2,1-5H3,(H2,33,38)(H,36,40). The largest absolute Gasteiger partial charge is 0.493 e. The Labute approximate surface area is 281 Å². The number of carbonyl (C=O) groups is 3. The number of primary amides is 1. The number of nitrogens with one attached hydrogen (secondary N) is 2. The number of anilines is 2. The molecule has 1 aliphatic rings. The normalized spacial score (nSPS) is 16.9. The molecule has 2 atom stereocenters. The number of hydrogen-bond donors (Lipinski definition) is 3. The molecular formula is C31H36IN5O8S. The van der Waals surface area contributed by atoms with Crippen molar-refractivity contribution in [1.82, 2.24) is 9.88 Å². The number of sulfone groups is 1. The first-order valence-electron chi connectivity index (χ1n) is 14.2. The van der Waals surface area contributed by atoms with Crippen LogP contribution in [-0.2, 0) is 22.9 Å². The summed E-state index contributed by atoms with van der Waals surface area (Å²) in [5.74, 6) is -0.228. The summed E-state index contributed by atoms with van der Waals surface area (Å²) >= 11 is 2.13. The quantitative estimate of drug-likeness (QED) is 0.142. The molecular weight excluding hydrogens is 729 g/mol. The second kappa shape index (κ2) is 14.1. The van der Waals surface area contributed by atoms with Gasteiger partial charge < -0.3 is 30.2 Å². The van der Waals surface area contributed by atoms with Gasteiger partial charge in [0.1, 0.15) is 9.59 Å². The summed E-state index contributed by atoms with van der Waals surface area (Å²) in [5.41, 5.74) is 7.15. The smallest absolute Gasteiger partial charge is 0.411 e. The molecule has 2 unspecified atom stereocenters. The molecule has 1 saturated heterocycles. The number of nitrogens with two attached hydrogens (primary N) is 1. The molecule has 46 heavy (non-hydrogen) atoms. The predicted molar refractivity (Wildman–Crippen MR) is 180 cm³/mol. The van der Waals surface area contributed by atoms with Gasteiger partial charge >= 0.3 is 6.09 Å². The fraction of sp³-hybridized carbons (Fsp3) is 0.355. The Hall–Kier alpha value is -4.12. The lowest BCUT2D eigenvalue weighted by molar-refractivity contribution is -0.133. The first-order chi connectivity index (χ1) is 21.8. The number of likely N-dealkylation sites (tertiary alicyclic amines) is 1. The lowest BCUT2D eigenvalue weighted by Crippen LogP contribution is -2.45. The van der Waals surface area contributed by atoms with Crippen LogP contribution in [0.5, 0.6) is 11.5 Å². The summed E-state index contributed by atoms with van der Waals surface area (Å²) in [6.07, 6.45) is 3.06. The van der Waals surface area contributed by atoms with E-state index in [-0.39, 0.29) is 16.4 Å². The highest BCUT2D eigenvalue weighted by Gasteiger charge is 2.48. The van der Waals surface area contributed by atoms with Crippen LogP contribution in [0.2, 0.25) is 0 Å². The molecule has 4 rings (SSSR count). The van der Waals surface area contributed by atoms with E-state index >= 15 is 0 Å². The van der Waals surface area contributed by atoms with Crippen LogP contribution in [-0.4, -0.2) is 69.3 Å². The van der Waals surface area contributed by atoms with Crippen LogP contribution < -0.4 is 25.8 Å². The van der Waals surface area contributed by atoms with Crippen molar-refractivity contribution in [2.24, 2.45) is 5.73 Å². The zero-order valence-electron chi connectivity index (χ0n) is 26.0. The summed E-state index contributed by atoms with van der Waals surface area (Å²) in [6, 6.07) is 10.0. The van der Waals surface area contributed by atoms with E-state index in [0.29, 0.717) is 53.4 Å². The molecule has 15 heteroatoms. The summed E-state index contributed by atoms with van der Waals surface area (Å²) in [4.78, 5) is 44.5. The number of benzene rings is 2. The van der Waals surface area contributed by atoms with Gasteiger partial charge in [-0.2, -0.15) is 0 Å². The Morgan fingerprint density at radius 1 is 1.00 bits per heavy atom. The van der Waals surface area contributed by atoms with Gasteiger partial charge in [0.15, 0.2) is 21.3 Å². The van der Waals surface area contributed by atoms with Gasteiger partial charge in [-0.25, -0.2) is 13.2 Å². The minimum Gasteiger partial charge on any atom is -0.493 e. The van der Waals surface area contributed by atoms with Crippen molar-refractivity contribution in [3.63, 3.8) is 0 Å². The van der Waals surface area contributed by atoms with E-state index in [2.05, 4.69) is 38.2 Å². The van der Waals surface area contributed by atoms with Crippen molar-refractivity contribution in [2.75, 3.05) is 38.5 Å². The van der Waals surface area contributed by atoms with Crippen molar-refractivity contribution in [3.8, 4) is 11.5 Å². The molecule has 2 aromatic carbocycles. The molecule has 0 radical (unpaired) electrons. The topological polar surface area (TPSA) is 179 Å². The number of alkyl halides is 1. The minimum atomic E-state index is -3.82. The van der Waals surface area contributed by atoms with Crippen molar-refractivity contribution in [3.05, 3.63) is 71.5 Å². The third kappa shape index (κ3) is 6.99. The lowest BCUT2D eigenvalue weighted by Gasteiger charge is -2.38. The van der Waals surface area contributed by atoms with E-state index in [4.69, 9.17) is 19.9 Å². The number of halogens is 1. The number of aromatic nitrogens is 1. The number of hydrogen-bond acceptors (Lipinski definition) is 10. The summed E-state index contributed by atoms with van der Waals surface area (Å²) in [6.45, 7) is 3.48. The van der Waals surface area contributed by atoms with Crippen LogP contribution in [0, 0.1) is 0 Å². The zero-order valence-corrected chi connectivity index (χ0v) is 29.0. The van der Waals surface area contributed by atoms with Crippen LogP contribution in [0.15, 0.2) is 59.8 Å². The van der Waals surface area contributed by atoms with E-state index < -0.39 is 36.7 Å². The SMILES string of the molecule is COC(=O)Nc1ccc(S(=O)(=O)C(C)C)c(C2(I)CCCN2C(=O)C(Nc2cncc(C(N)=O)c2)c2ccc(OC)c(OC)c2)c1. The molecule has 1 aliphatic heterocycles. The van der Waals surface area contributed by atoms with Crippen molar-refractivity contribution < 1.29 is 37.0 Å². The van der Waals surface area contributed by atoms with E-state index in [0.717, 1.165) is 0 Å². The number of amides is 3. The van der Waals surface area contributed by atoms with Crippen molar-refractivity contribution in [1.29, 1.82) is 0 Å². The number of methoxy groups -OCH3 is 3. The fourth-order valence-corrected chi connectivity index (χ4v) is 8.01. The zero-order chi connectivity index (χ0) is 33.8. The van der Waals surface area contributed by atoms with Crippen LogP contribution in [0.3, 0.4) is 0 Å². The molecule has 3 amide bonds. The molecule has 0 spiro atoms. The first-order valence-corrected chi connectivity index (χ1v) is 16.9. The van der Waals surface area contributed by atoms with E-state index in [1.807, 2.05) is 0 Å². The second-order valence-electron chi connectivity index (χ2n) is 10.8. The van der Waals surface area contributed by atoms with E-state index in [9.17, 15) is 22.8 Å². The summed E-state index contributed by atoms with van der Waals surface area (Å²) in [5, 5.41) is 5.05. The van der Waals surface area contributed by atoms with Gasteiger partial charge in [-0.05, 0) is 91.2 Å². The number of nitrogens with zero attached hydrogens (tertiary/aromatic N) is 2. The van der Waals surface area contributed by atoms with Crippen LogP contribution in [0.25, 0.3) is 0 Å². The molecule has 246 valence electrons. The maximum atomic E-state index is 14.8. The Balaban J connectivity index is 1.87. The Kier molecular flexibility index (Phi) is 10.7. The lowest BCUT2D eigenvalue weighted by atomic mass is 10.0. The molecule has 4 N–H and O–H groups in total. The highest BCUT2D eigenvalue weighted by molar-refractivity contribution is 14.1. The Bertz CT molecular complexity index is 1750. The van der Waals surface area contributed by atoms with Crippen molar-refractivity contribution in [2.45, 2.75) is 46.4 Å². The van der Waals surface area contributed by atoms with Gasteiger partial charge in [0.25, 0.3) is 5.91 Å². The van der Waals surface area contributed by atoms with Crippen molar-refractivity contribution >= 4 is 61.7 Å². The monoisotopic (exact) mass is 765 g/mol. The van der Waals surface area contributed by atoms with Crippen LogP contribution >= 0.6 is 22.6 Å². The van der Waals surface area contributed by atoms with Gasteiger partial charge in [-0.3, -0.25) is 19.9 Å². The minimum absolute atomic E-state index is 0.0565. The number of carbonyl (C=O) groups excluding carboxylic acids is 3. The van der Waals surface area contributed by atoms with Crippen LogP contribution in [0.4, 0.5) is 16.2 Å². The van der Waals surface area contributed by atoms with Gasteiger partial charge in [0.2, 0.25) is 5.91 Å². The second-order valence-corrected chi connectivity index (χ2v) is 15.0. The van der Waals surface area contributed by atoms with Gasteiger partial charge in [-0.15, -0.1) is 0 Å². The third-order valence-electron chi connectivity index (χ3n) is 7.66. The number of pyridine rings is 1. The molecule has 2 heterocycles. The summed E-state index contributed by atoms with van der Waals surface area (Å²) in [7, 11) is 0.385. The van der Waals surface area contributed by atoms with E-state index in [1.54, 1.807) is 43.0 Å². The Morgan fingerprint density at radius 3 is 2.35 bits per heavy atom. The molecule has 0 aliphatic carbocycles. The van der Waals surface area contributed by atoms with Crippen LogP contribution in [0.1, 0.15) is 54.2 Å². The molecule has 3 aromatic rings. The number of rotatable bonds is 11. The third-order valence-corrected chi connectivity index (χ3v) is 11.6. The average Bonchev–Trinajstić information content (AvgIpc) is 3.45. The predicted octanol–water partition coefficient (Wildman–Crippen LogP) is 4.62. The Morgan fingerprint density at radius 2 is 1.72 bits per heavy atom. The van der Waals surface area contributed by atoms with E-state index in [1.165, 1.54) is 51.9 Å². The first kappa shape index (κ1) is 34.7. The summed E-state index contributed by atoms with van der Waals surface area (Å²) < 4.78 is 41.8. The van der Waals surface area contributed by atoms with Gasteiger partial charge in [-0.1, -0.05) is 6.07 Å². The average molecular weight is 766 g/mol. The molecule has 1 fully saturated rings. The highest BCUT2D eigenvalue weighted by atomic mass is 127. The molecule has 0 bridgehead atoms. The maximum Gasteiger partial charge on any atom is 0.411 e. The molecule has 1 aromatic heterocycles. The molecule has 13 nitrogen and oxygen atoms in total. The van der Waals surface area contributed by atoms with Gasteiger partial charge in [0, 0.05) is 24.0 Å². The maximum absolute atomic E-state index is 14.8. The van der Waals surface area contributed by atoms with Gasteiger partial charge in [0.05, 0.1) is 48.9 Å². The highest BCUT2D eigenvalue weighted by Crippen LogP contribution is 2.49. The fourth-order valence-electron chi connectivity index (χ4n) is 5.22.